The Morgan fingerprint density at radius 3 is 2.17 bits per heavy atom. The molecule has 1 aromatic carbocycles. The Hall–Kier alpha value is -1.79. The second-order valence-corrected chi connectivity index (χ2v) is 5.52. The maximum absolute atomic E-state index is 11.3. The Morgan fingerprint density at radius 1 is 1.30 bits per heavy atom. The highest BCUT2D eigenvalue weighted by Crippen LogP contribution is 2.12. The Balaban J connectivity index is 0.000000414. The van der Waals surface area contributed by atoms with Crippen molar-refractivity contribution in [2.45, 2.75) is 33.2 Å². The van der Waals surface area contributed by atoms with E-state index in [2.05, 4.69) is 36.5 Å². The Kier molecular flexibility index (Phi) is 10.8. The number of nitrogens with one attached hydrogen (secondary N) is 1. The van der Waals surface area contributed by atoms with Crippen molar-refractivity contribution in [3.8, 4) is 0 Å². The number of carbonyl (C=O) groups excluding carboxylic acids is 2. The van der Waals surface area contributed by atoms with Crippen molar-refractivity contribution in [3.05, 3.63) is 35.9 Å². The van der Waals surface area contributed by atoms with Gasteiger partial charge in [0.15, 0.2) is 5.11 Å². The molecule has 1 saturated heterocycles. The van der Waals surface area contributed by atoms with E-state index in [4.69, 9.17) is 17.3 Å². The van der Waals surface area contributed by atoms with Crippen molar-refractivity contribution < 1.29 is 14.7 Å². The van der Waals surface area contributed by atoms with Gasteiger partial charge in [0.25, 0.3) is 0 Å². The summed E-state index contributed by atoms with van der Waals surface area (Å²) in [4.78, 5) is 23.4. The van der Waals surface area contributed by atoms with Crippen LogP contribution in [-0.2, 0) is 16.0 Å². The highest BCUT2D eigenvalue weighted by Gasteiger charge is 2.33. The molecule has 1 aliphatic rings. The summed E-state index contributed by atoms with van der Waals surface area (Å²) in [6, 6.07) is 10.0. The molecule has 0 saturated carbocycles. The topological polar surface area (TPSA) is 69.6 Å². The zero-order valence-electron chi connectivity index (χ0n) is 14.2. The third kappa shape index (κ3) is 6.88. The molecule has 0 spiro atoms. The van der Waals surface area contributed by atoms with Crippen molar-refractivity contribution >= 4 is 29.5 Å². The van der Waals surface area contributed by atoms with Gasteiger partial charge in [-0.15, -0.1) is 0 Å². The van der Waals surface area contributed by atoms with Crippen LogP contribution in [0.5, 0.6) is 0 Å². The molecule has 1 aromatic rings. The van der Waals surface area contributed by atoms with Crippen LogP contribution in [0.1, 0.15) is 26.3 Å². The minimum absolute atomic E-state index is 0.0827. The van der Waals surface area contributed by atoms with E-state index in [0.29, 0.717) is 5.11 Å². The van der Waals surface area contributed by atoms with E-state index in [-0.39, 0.29) is 18.4 Å². The lowest BCUT2D eigenvalue weighted by atomic mass is 10.0. The summed E-state index contributed by atoms with van der Waals surface area (Å²) >= 11 is 4.91. The molecule has 128 valence electrons. The van der Waals surface area contributed by atoms with Crippen LogP contribution in [0, 0.1) is 5.92 Å². The number of aldehydes is 1. The number of hydrogen-bond donors (Lipinski definition) is 2. The SMILES string of the molecule is CC(C)C(C=O)N1C(=O)CNC1=S.CCc1ccccc1.CO. The van der Waals surface area contributed by atoms with Crippen LogP contribution in [-0.4, -0.2) is 47.0 Å². The predicted octanol–water partition coefficient (Wildman–Crippen LogP) is 1.78. The molecule has 2 N–H and O–H groups in total. The molecule has 23 heavy (non-hydrogen) atoms. The van der Waals surface area contributed by atoms with Crippen LogP contribution >= 0.6 is 12.2 Å². The van der Waals surface area contributed by atoms with Crippen LogP contribution < -0.4 is 5.32 Å². The van der Waals surface area contributed by atoms with Crippen LogP contribution in [0.4, 0.5) is 0 Å². The second kappa shape index (κ2) is 11.7. The summed E-state index contributed by atoms with van der Waals surface area (Å²) < 4.78 is 0. The number of rotatable bonds is 4. The molecule has 6 heteroatoms. The summed E-state index contributed by atoms with van der Waals surface area (Å²) in [5, 5.41) is 10.1. The third-order valence-corrected chi connectivity index (χ3v) is 3.59. The Morgan fingerprint density at radius 2 is 1.87 bits per heavy atom. The first-order valence-corrected chi connectivity index (χ1v) is 7.95. The van der Waals surface area contributed by atoms with Gasteiger partial charge in [-0.25, -0.2) is 0 Å². The van der Waals surface area contributed by atoms with E-state index in [1.54, 1.807) is 0 Å². The molecule has 1 heterocycles. The number of hydrogen-bond acceptors (Lipinski definition) is 4. The first-order chi connectivity index (χ1) is 11.0. The van der Waals surface area contributed by atoms with Crippen molar-refractivity contribution in [2.75, 3.05) is 13.7 Å². The molecule has 2 rings (SSSR count). The monoisotopic (exact) mass is 338 g/mol. The number of nitrogens with zero attached hydrogens (tertiary/aromatic N) is 1. The van der Waals surface area contributed by atoms with Crippen LogP contribution in [0.25, 0.3) is 0 Å². The second-order valence-electron chi connectivity index (χ2n) is 5.13. The zero-order chi connectivity index (χ0) is 17.8. The van der Waals surface area contributed by atoms with E-state index in [0.717, 1.165) is 19.8 Å². The number of benzene rings is 1. The van der Waals surface area contributed by atoms with Gasteiger partial charge < -0.3 is 15.2 Å². The van der Waals surface area contributed by atoms with Crippen molar-refractivity contribution in [3.63, 3.8) is 0 Å². The Labute approximate surface area is 143 Å². The fourth-order valence-electron chi connectivity index (χ4n) is 1.97. The first kappa shape index (κ1) is 21.2. The van der Waals surface area contributed by atoms with E-state index in [1.807, 2.05) is 19.9 Å². The van der Waals surface area contributed by atoms with Gasteiger partial charge in [0.1, 0.15) is 6.29 Å². The summed E-state index contributed by atoms with van der Waals surface area (Å²) in [7, 11) is 1.00. The largest absolute Gasteiger partial charge is 0.400 e. The molecule has 1 amide bonds. The smallest absolute Gasteiger partial charge is 0.248 e. The minimum atomic E-state index is -0.435. The predicted molar refractivity (Wildman–Crippen MR) is 96.1 cm³/mol. The van der Waals surface area contributed by atoms with E-state index < -0.39 is 6.04 Å². The van der Waals surface area contributed by atoms with Crippen molar-refractivity contribution in [1.82, 2.24) is 10.2 Å². The highest BCUT2D eigenvalue weighted by molar-refractivity contribution is 7.80. The van der Waals surface area contributed by atoms with Crippen LogP contribution in [0.2, 0.25) is 0 Å². The van der Waals surface area contributed by atoms with Gasteiger partial charge in [-0.3, -0.25) is 9.69 Å². The molecule has 1 unspecified atom stereocenters. The van der Waals surface area contributed by atoms with Crippen LogP contribution in [0.15, 0.2) is 30.3 Å². The van der Waals surface area contributed by atoms with Crippen molar-refractivity contribution in [2.24, 2.45) is 5.92 Å². The Bertz CT molecular complexity index is 476. The normalized spacial score (nSPS) is 14.3. The van der Waals surface area contributed by atoms with Crippen LogP contribution in [0.3, 0.4) is 0 Å². The number of amides is 1. The quantitative estimate of drug-likeness (QED) is 0.647. The lowest BCUT2D eigenvalue weighted by molar-refractivity contribution is -0.129. The molecule has 1 aliphatic heterocycles. The fraction of sp³-hybridized carbons (Fsp3) is 0.471. The number of aliphatic hydroxyl groups excluding tert-OH is 1. The number of aryl methyl sites for hydroxylation is 1. The minimum Gasteiger partial charge on any atom is -0.400 e. The molecule has 0 aromatic heterocycles. The standard InChI is InChI=1S/C8H12N2O2S.C8H10.CH4O/c1-5(2)6(4-11)10-7(12)3-9-8(10)13;1-2-8-6-4-3-5-7-8;1-2/h4-6H,3H2,1-2H3,(H,9,13);3-7H,2H2,1H3;2H,1H3. The summed E-state index contributed by atoms with van der Waals surface area (Å²) in [6.07, 6.45) is 1.91. The fourth-order valence-corrected chi connectivity index (χ4v) is 2.26. The average Bonchev–Trinajstić information content (AvgIpc) is 2.91. The lowest BCUT2D eigenvalue weighted by Gasteiger charge is -2.24. The van der Waals surface area contributed by atoms with Gasteiger partial charge >= 0.3 is 0 Å². The van der Waals surface area contributed by atoms with Gasteiger partial charge in [0, 0.05) is 7.11 Å². The maximum Gasteiger partial charge on any atom is 0.248 e. The van der Waals surface area contributed by atoms with Gasteiger partial charge in [0.05, 0.1) is 12.6 Å². The molecule has 1 atom stereocenters. The molecular weight excluding hydrogens is 312 g/mol. The summed E-state index contributed by atoms with van der Waals surface area (Å²) in [6.45, 7) is 6.13. The molecule has 0 aliphatic carbocycles. The number of carbonyl (C=O) groups is 2. The third-order valence-electron chi connectivity index (χ3n) is 3.25. The van der Waals surface area contributed by atoms with Gasteiger partial charge in [0.2, 0.25) is 5.91 Å². The summed E-state index contributed by atoms with van der Waals surface area (Å²) in [5.41, 5.74) is 1.41. The number of aliphatic hydroxyl groups is 1. The number of thiocarbonyl (C=S) groups is 1. The molecular formula is C17H26N2O3S. The van der Waals surface area contributed by atoms with Gasteiger partial charge in [-0.05, 0) is 30.1 Å². The first-order valence-electron chi connectivity index (χ1n) is 7.55. The molecule has 0 radical (unpaired) electrons. The average molecular weight is 338 g/mol. The van der Waals surface area contributed by atoms with Gasteiger partial charge in [-0.2, -0.15) is 0 Å². The highest BCUT2D eigenvalue weighted by atomic mass is 32.1. The van der Waals surface area contributed by atoms with Gasteiger partial charge in [-0.1, -0.05) is 51.1 Å². The molecule has 1 fully saturated rings. The van der Waals surface area contributed by atoms with E-state index in [9.17, 15) is 9.59 Å². The van der Waals surface area contributed by atoms with E-state index >= 15 is 0 Å². The van der Waals surface area contributed by atoms with Crippen molar-refractivity contribution in [1.29, 1.82) is 0 Å². The lowest BCUT2D eigenvalue weighted by Crippen LogP contribution is -2.44. The van der Waals surface area contributed by atoms with E-state index in [1.165, 1.54) is 10.5 Å². The zero-order valence-corrected chi connectivity index (χ0v) is 15.0. The molecule has 5 nitrogen and oxygen atoms in total. The summed E-state index contributed by atoms with van der Waals surface area (Å²) in [5.74, 6) is -0.0462. The molecule has 0 bridgehead atoms. The maximum atomic E-state index is 11.3.